The Bertz CT molecular complexity index is 584. The van der Waals surface area contributed by atoms with E-state index in [1.807, 2.05) is 18.2 Å². The van der Waals surface area contributed by atoms with Crippen LogP contribution in [0.15, 0.2) is 23.4 Å². The van der Waals surface area contributed by atoms with Crippen LogP contribution in [0.25, 0.3) is 11.0 Å². The van der Waals surface area contributed by atoms with Crippen molar-refractivity contribution >= 4 is 22.8 Å². The number of aliphatic hydroxyl groups excluding tert-OH is 1. The second kappa shape index (κ2) is 6.06. The number of fused-ring (bicyclic) bond motifs is 1. The van der Waals surface area contributed by atoms with Crippen molar-refractivity contribution in [2.45, 2.75) is 48.6 Å². The number of thioether (sulfide) groups is 1. The number of methoxy groups -OCH3 is 1. The van der Waals surface area contributed by atoms with Gasteiger partial charge in [0, 0.05) is 11.3 Å². The maximum absolute atomic E-state index is 10.2. The first kappa shape index (κ1) is 13.8. The molecule has 1 heterocycles. The molecule has 0 spiro atoms. The van der Waals surface area contributed by atoms with Crippen molar-refractivity contribution in [1.82, 2.24) is 9.97 Å². The van der Waals surface area contributed by atoms with Gasteiger partial charge in [0.05, 0.1) is 24.2 Å². The average molecular weight is 292 g/mol. The number of rotatable bonds is 3. The molecular weight excluding hydrogens is 272 g/mol. The van der Waals surface area contributed by atoms with Crippen molar-refractivity contribution in [3.63, 3.8) is 0 Å². The Morgan fingerprint density at radius 3 is 3.00 bits per heavy atom. The highest BCUT2D eigenvalue weighted by Gasteiger charge is 2.23. The largest absolute Gasteiger partial charge is 0.497 e. The lowest BCUT2D eigenvalue weighted by Crippen LogP contribution is -2.21. The Labute approximate surface area is 122 Å². The van der Waals surface area contributed by atoms with E-state index in [0.717, 1.165) is 41.2 Å². The first-order valence-corrected chi connectivity index (χ1v) is 8.03. The maximum Gasteiger partial charge on any atom is 0.166 e. The zero-order chi connectivity index (χ0) is 13.9. The number of hydrogen-bond acceptors (Lipinski definition) is 4. The van der Waals surface area contributed by atoms with Crippen LogP contribution in [0, 0.1) is 0 Å². The van der Waals surface area contributed by atoms with Gasteiger partial charge in [0.25, 0.3) is 0 Å². The van der Waals surface area contributed by atoms with Crippen molar-refractivity contribution in [2.75, 3.05) is 7.11 Å². The molecule has 3 rings (SSSR count). The van der Waals surface area contributed by atoms with Gasteiger partial charge in [-0.3, -0.25) is 0 Å². The third-order valence-electron chi connectivity index (χ3n) is 3.85. The predicted molar refractivity (Wildman–Crippen MR) is 81.4 cm³/mol. The van der Waals surface area contributed by atoms with E-state index >= 15 is 0 Å². The van der Waals surface area contributed by atoms with Crippen LogP contribution in [-0.2, 0) is 0 Å². The Hall–Kier alpha value is -1.20. The minimum atomic E-state index is -0.217. The topological polar surface area (TPSA) is 58.1 Å². The highest BCUT2D eigenvalue weighted by Crippen LogP contribution is 2.33. The van der Waals surface area contributed by atoms with E-state index in [1.54, 1.807) is 18.9 Å². The highest BCUT2D eigenvalue weighted by atomic mass is 32.2. The number of aromatic nitrogens is 2. The molecule has 108 valence electrons. The number of ether oxygens (including phenoxy) is 1. The fourth-order valence-corrected chi connectivity index (χ4v) is 3.87. The first-order valence-electron chi connectivity index (χ1n) is 7.15. The lowest BCUT2D eigenvalue weighted by molar-refractivity contribution is 0.163. The number of imidazole rings is 1. The number of hydrogen-bond donors (Lipinski definition) is 2. The number of aromatic amines is 1. The third-order valence-corrected chi connectivity index (χ3v) is 5.12. The van der Waals surface area contributed by atoms with Crippen molar-refractivity contribution in [3.05, 3.63) is 18.2 Å². The van der Waals surface area contributed by atoms with Gasteiger partial charge in [-0.05, 0) is 25.0 Å². The summed E-state index contributed by atoms with van der Waals surface area (Å²) in [4.78, 5) is 7.91. The molecule has 0 saturated heterocycles. The van der Waals surface area contributed by atoms with Gasteiger partial charge in [-0.15, -0.1) is 0 Å². The molecule has 0 radical (unpaired) electrons. The molecule has 0 bridgehead atoms. The molecule has 20 heavy (non-hydrogen) atoms. The number of H-pyrrole nitrogens is 1. The Balaban J connectivity index is 1.79. The monoisotopic (exact) mass is 292 g/mol. The molecule has 1 aromatic heterocycles. The molecule has 2 unspecified atom stereocenters. The second-order valence-corrected chi connectivity index (χ2v) is 6.51. The van der Waals surface area contributed by atoms with Crippen LogP contribution in [0.3, 0.4) is 0 Å². The summed E-state index contributed by atoms with van der Waals surface area (Å²) in [6, 6.07) is 5.83. The van der Waals surface area contributed by atoms with Crippen LogP contribution >= 0.6 is 11.8 Å². The molecule has 4 nitrogen and oxygen atoms in total. The number of nitrogens with zero attached hydrogens (tertiary/aromatic N) is 1. The molecule has 1 aliphatic rings. The molecular formula is C15H20N2O2S. The fourth-order valence-electron chi connectivity index (χ4n) is 2.68. The predicted octanol–water partition coefficient (Wildman–Crippen LogP) is 3.36. The van der Waals surface area contributed by atoms with Crippen molar-refractivity contribution in [1.29, 1.82) is 0 Å². The Morgan fingerprint density at radius 2 is 2.15 bits per heavy atom. The summed E-state index contributed by atoms with van der Waals surface area (Å²) in [5.74, 6) is 0.826. The summed E-state index contributed by atoms with van der Waals surface area (Å²) in [6.45, 7) is 0. The van der Waals surface area contributed by atoms with E-state index in [1.165, 1.54) is 12.8 Å². The van der Waals surface area contributed by atoms with Gasteiger partial charge < -0.3 is 14.8 Å². The maximum atomic E-state index is 10.2. The van der Waals surface area contributed by atoms with E-state index in [2.05, 4.69) is 9.97 Å². The van der Waals surface area contributed by atoms with Gasteiger partial charge >= 0.3 is 0 Å². The molecule has 0 aliphatic heterocycles. The number of benzene rings is 1. The Morgan fingerprint density at radius 1 is 1.30 bits per heavy atom. The van der Waals surface area contributed by atoms with Crippen LogP contribution in [0.5, 0.6) is 5.75 Å². The summed E-state index contributed by atoms with van der Waals surface area (Å²) in [5.41, 5.74) is 1.92. The van der Waals surface area contributed by atoms with E-state index in [4.69, 9.17) is 4.74 Å². The first-order chi connectivity index (χ1) is 9.76. The molecule has 1 aliphatic carbocycles. The van der Waals surface area contributed by atoms with Gasteiger partial charge in [0.1, 0.15) is 5.75 Å². The second-order valence-electron chi connectivity index (χ2n) is 5.29. The summed E-state index contributed by atoms with van der Waals surface area (Å²) in [7, 11) is 1.66. The minimum Gasteiger partial charge on any atom is -0.497 e. The van der Waals surface area contributed by atoms with E-state index in [0.29, 0.717) is 0 Å². The summed E-state index contributed by atoms with van der Waals surface area (Å²) in [6.07, 6.45) is 5.31. The van der Waals surface area contributed by atoms with Crippen molar-refractivity contribution in [3.8, 4) is 5.75 Å². The van der Waals surface area contributed by atoms with Gasteiger partial charge in [-0.25, -0.2) is 4.98 Å². The number of aliphatic hydroxyl groups is 1. The van der Waals surface area contributed by atoms with Crippen LogP contribution in [0.2, 0.25) is 0 Å². The third kappa shape index (κ3) is 2.94. The number of nitrogens with one attached hydrogen (secondary N) is 1. The fraction of sp³-hybridized carbons (Fsp3) is 0.533. The van der Waals surface area contributed by atoms with E-state index in [9.17, 15) is 5.11 Å². The molecule has 1 aromatic carbocycles. The summed E-state index contributed by atoms with van der Waals surface area (Å²) >= 11 is 1.67. The lowest BCUT2D eigenvalue weighted by Gasteiger charge is -2.17. The zero-order valence-corrected chi connectivity index (χ0v) is 12.4. The average Bonchev–Trinajstić information content (AvgIpc) is 2.75. The zero-order valence-electron chi connectivity index (χ0n) is 11.6. The molecule has 2 aromatic rings. The van der Waals surface area contributed by atoms with Crippen molar-refractivity contribution in [2.24, 2.45) is 0 Å². The van der Waals surface area contributed by atoms with Gasteiger partial charge in [-0.2, -0.15) is 0 Å². The molecule has 2 atom stereocenters. The molecule has 5 heteroatoms. The minimum absolute atomic E-state index is 0.217. The molecule has 0 amide bonds. The standard InChI is InChI=1S/C15H20N2O2S/c1-19-10-7-8-11-12(9-10)17-15(16-11)20-14-6-4-2-3-5-13(14)18/h7-9,13-14,18H,2-6H2,1H3,(H,16,17). The molecule has 2 N–H and O–H groups in total. The SMILES string of the molecule is COc1ccc2nc(SC3CCCCCC3O)[nH]c2c1. The van der Waals surface area contributed by atoms with Crippen LogP contribution in [0.1, 0.15) is 32.1 Å². The van der Waals surface area contributed by atoms with Gasteiger partial charge in [-0.1, -0.05) is 31.0 Å². The van der Waals surface area contributed by atoms with Crippen molar-refractivity contribution < 1.29 is 9.84 Å². The van der Waals surface area contributed by atoms with E-state index < -0.39 is 0 Å². The summed E-state index contributed by atoms with van der Waals surface area (Å²) in [5, 5.41) is 11.3. The molecule has 1 saturated carbocycles. The van der Waals surface area contributed by atoms with Crippen LogP contribution < -0.4 is 4.74 Å². The Kier molecular flexibility index (Phi) is 4.17. The normalized spacial score (nSPS) is 23.7. The summed E-state index contributed by atoms with van der Waals surface area (Å²) < 4.78 is 5.22. The van der Waals surface area contributed by atoms with Crippen LogP contribution in [-0.4, -0.2) is 33.5 Å². The quantitative estimate of drug-likeness (QED) is 0.852. The van der Waals surface area contributed by atoms with Gasteiger partial charge in [0.2, 0.25) is 0 Å². The van der Waals surface area contributed by atoms with E-state index in [-0.39, 0.29) is 11.4 Å². The smallest absolute Gasteiger partial charge is 0.166 e. The molecule has 1 fully saturated rings. The highest BCUT2D eigenvalue weighted by molar-refractivity contribution is 7.99. The lowest BCUT2D eigenvalue weighted by atomic mass is 10.1. The van der Waals surface area contributed by atoms with Gasteiger partial charge in [0.15, 0.2) is 5.16 Å². The van der Waals surface area contributed by atoms with Crippen LogP contribution in [0.4, 0.5) is 0 Å².